The number of aromatic nitrogens is 1. The number of fused-ring (bicyclic) bond motifs is 2. The van der Waals surface area contributed by atoms with Gasteiger partial charge in [-0.1, -0.05) is 6.42 Å². The Hall–Kier alpha value is -1.58. The summed E-state index contributed by atoms with van der Waals surface area (Å²) >= 11 is 0. The largest absolute Gasteiger partial charge is 0.356 e. The molecule has 1 aromatic heterocycles. The van der Waals surface area contributed by atoms with Crippen molar-refractivity contribution in [1.82, 2.24) is 10.3 Å². The van der Waals surface area contributed by atoms with Gasteiger partial charge in [0.15, 0.2) is 5.78 Å². The van der Waals surface area contributed by atoms with Crippen molar-refractivity contribution in [3.63, 3.8) is 0 Å². The van der Waals surface area contributed by atoms with Crippen molar-refractivity contribution in [2.75, 3.05) is 0 Å². The van der Waals surface area contributed by atoms with Crippen LogP contribution < -0.4 is 5.32 Å². The van der Waals surface area contributed by atoms with E-state index in [1.807, 2.05) is 0 Å². The first-order chi connectivity index (χ1) is 9.54. The number of hydrogen-bond acceptors (Lipinski definition) is 2. The number of carbonyl (C=O) groups is 2. The van der Waals surface area contributed by atoms with Crippen LogP contribution in [0, 0.1) is 17.8 Å². The fourth-order valence-electron chi connectivity index (χ4n) is 4.03. The lowest BCUT2D eigenvalue weighted by atomic mass is 9.84. The van der Waals surface area contributed by atoms with E-state index >= 15 is 0 Å². The van der Waals surface area contributed by atoms with Crippen molar-refractivity contribution in [3.05, 3.63) is 23.5 Å². The van der Waals surface area contributed by atoms with E-state index in [9.17, 15) is 9.59 Å². The number of H-pyrrole nitrogens is 1. The van der Waals surface area contributed by atoms with Crippen LogP contribution in [-0.4, -0.2) is 22.7 Å². The summed E-state index contributed by atoms with van der Waals surface area (Å²) in [4.78, 5) is 26.3. The molecular formula is C16H22N2O2. The van der Waals surface area contributed by atoms with Gasteiger partial charge in [0.2, 0.25) is 0 Å². The summed E-state index contributed by atoms with van der Waals surface area (Å²) < 4.78 is 0. The highest BCUT2D eigenvalue weighted by Crippen LogP contribution is 2.49. The normalized spacial score (nSPS) is 29.4. The van der Waals surface area contributed by atoms with Gasteiger partial charge in [-0.2, -0.15) is 0 Å². The van der Waals surface area contributed by atoms with Crippen molar-refractivity contribution in [3.8, 4) is 0 Å². The van der Waals surface area contributed by atoms with Gasteiger partial charge in [-0.15, -0.1) is 0 Å². The summed E-state index contributed by atoms with van der Waals surface area (Å²) in [5.74, 6) is 2.18. The predicted molar refractivity (Wildman–Crippen MR) is 76.7 cm³/mol. The van der Waals surface area contributed by atoms with Crippen molar-refractivity contribution >= 4 is 11.7 Å². The number of amides is 1. The molecule has 108 valence electrons. The molecule has 2 N–H and O–H groups in total. The van der Waals surface area contributed by atoms with Crippen LogP contribution in [0.1, 0.15) is 60.4 Å². The minimum absolute atomic E-state index is 0.0264. The summed E-state index contributed by atoms with van der Waals surface area (Å²) in [5.41, 5.74) is 1.04. The Labute approximate surface area is 119 Å². The Morgan fingerprint density at radius 2 is 2.15 bits per heavy atom. The summed E-state index contributed by atoms with van der Waals surface area (Å²) in [5, 5.41) is 3.09. The monoisotopic (exact) mass is 274 g/mol. The number of carbonyl (C=O) groups excluding carboxylic acids is 2. The summed E-state index contributed by atoms with van der Waals surface area (Å²) in [6.45, 7) is 3.61. The van der Waals surface area contributed by atoms with Crippen molar-refractivity contribution in [2.24, 2.45) is 17.8 Å². The molecule has 2 bridgehead atoms. The second-order valence-electron chi connectivity index (χ2n) is 6.46. The van der Waals surface area contributed by atoms with Gasteiger partial charge >= 0.3 is 0 Å². The molecule has 1 heterocycles. The molecule has 2 saturated carbocycles. The molecule has 2 fully saturated rings. The lowest BCUT2D eigenvalue weighted by Crippen LogP contribution is -2.40. The summed E-state index contributed by atoms with van der Waals surface area (Å²) in [6.07, 6.45) is 6.91. The van der Waals surface area contributed by atoms with Gasteiger partial charge < -0.3 is 10.3 Å². The molecule has 0 aromatic carbocycles. The maximum atomic E-state index is 12.2. The molecule has 2 aliphatic rings. The van der Waals surface area contributed by atoms with E-state index in [2.05, 4.69) is 17.2 Å². The zero-order valence-corrected chi connectivity index (χ0v) is 12.1. The fourth-order valence-corrected chi connectivity index (χ4v) is 4.03. The molecule has 0 saturated heterocycles. The topological polar surface area (TPSA) is 62.0 Å². The van der Waals surface area contributed by atoms with Gasteiger partial charge in [0.05, 0.1) is 0 Å². The molecule has 0 aliphatic heterocycles. The number of nitrogens with one attached hydrogen (secondary N) is 2. The van der Waals surface area contributed by atoms with Crippen molar-refractivity contribution < 1.29 is 9.59 Å². The maximum absolute atomic E-state index is 12.2. The second kappa shape index (κ2) is 5.08. The molecule has 1 aromatic rings. The quantitative estimate of drug-likeness (QED) is 0.829. The third kappa shape index (κ3) is 2.39. The fraction of sp³-hybridized carbons (Fsp3) is 0.625. The van der Waals surface area contributed by atoms with Crippen LogP contribution in [0.5, 0.6) is 0 Å². The third-order valence-corrected chi connectivity index (χ3v) is 5.13. The molecule has 0 spiro atoms. The summed E-state index contributed by atoms with van der Waals surface area (Å²) in [7, 11) is 0. The molecule has 2 aliphatic carbocycles. The Kier molecular flexibility index (Phi) is 3.40. The van der Waals surface area contributed by atoms with Crippen molar-refractivity contribution in [1.29, 1.82) is 0 Å². The highest BCUT2D eigenvalue weighted by atomic mass is 16.2. The van der Waals surface area contributed by atoms with Gasteiger partial charge in [-0.3, -0.25) is 9.59 Å². The first-order valence-electron chi connectivity index (χ1n) is 7.55. The average Bonchev–Trinajstić information content (AvgIpc) is 3.14. The predicted octanol–water partition coefficient (Wildman–Crippen LogP) is 2.77. The molecule has 0 radical (unpaired) electrons. The van der Waals surface area contributed by atoms with E-state index in [4.69, 9.17) is 0 Å². The Balaban J connectivity index is 1.62. The first kappa shape index (κ1) is 13.4. The van der Waals surface area contributed by atoms with E-state index in [0.29, 0.717) is 17.2 Å². The smallest absolute Gasteiger partial charge is 0.267 e. The third-order valence-electron chi connectivity index (χ3n) is 5.13. The van der Waals surface area contributed by atoms with E-state index in [1.165, 1.54) is 32.6 Å². The van der Waals surface area contributed by atoms with Gasteiger partial charge in [0.1, 0.15) is 5.69 Å². The number of rotatable bonds is 4. The Morgan fingerprint density at radius 3 is 2.70 bits per heavy atom. The molecule has 4 unspecified atom stereocenters. The van der Waals surface area contributed by atoms with E-state index < -0.39 is 0 Å². The zero-order chi connectivity index (χ0) is 14.3. The first-order valence-corrected chi connectivity index (χ1v) is 7.55. The van der Waals surface area contributed by atoms with Gasteiger partial charge in [-0.25, -0.2) is 0 Å². The molecular weight excluding hydrogens is 252 g/mol. The molecule has 20 heavy (non-hydrogen) atoms. The SMILES string of the molecule is CC(=O)c1c[nH]c(C(=O)NC(C)C2CC3CCC2C3)c1. The minimum atomic E-state index is -0.104. The number of Topliss-reactive ketones (excluding diaryl/α,β-unsaturated/α-hetero) is 1. The molecule has 4 heteroatoms. The van der Waals surface area contributed by atoms with E-state index in [-0.39, 0.29) is 17.7 Å². The van der Waals surface area contributed by atoms with Crippen LogP contribution in [0.4, 0.5) is 0 Å². The van der Waals surface area contributed by atoms with Gasteiger partial charge in [0, 0.05) is 17.8 Å². The van der Waals surface area contributed by atoms with Gasteiger partial charge in [-0.05, 0) is 56.9 Å². The number of aromatic amines is 1. The van der Waals surface area contributed by atoms with E-state index in [0.717, 1.165) is 11.8 Å². The standard InChI is InChI=1S/C16H22N2O2/c1-9(14-6-11-3-4-12(14)5-11)18-16(20)15-7-13(8-17-15)10(2)19/h7-9,11-12,14,17H,3-6H2,1-2H3,(H,18,20). The number of ketones is 1. The summed E-state index contributed by atoms with van der Waals surface area (Å²) in [6, 6.07) is 1.84. The lowest BCUT2D eigenvalue weighted by Gasteiger charge is -2.28. The van der Waals surface area contributed by atoms with Crippen LogP contribution >= 0.6 is 0 Å². The van der Waals surface area contributed by atoms with Crippen LogP contribution in [0.3, 0.4) is 0 Å². The highest BCUT2D eigenvalue weighted by Gasteiger charge is 2.42. The van der Waals surface area contributed by atoms with Crippen LogP contribution in [0.25, 0.3) is 0 Å². The molecule has 4 atom stereocenters. The molecule has 1 amide bonds. The van der Waals surface area contributed by atoms with Crippen LogP contribution in [0.15, 0.2) is 12.3 Å². The van der Waals surface area contributed by atoms with Crippen LogP contribution in [-0.2, 0) is 0 Å². The average molecular weight is 274 g/mol. The van der Waals surface area contributed by atoms with Crippen molar-refractivity contribution in [2.45, 2.75) is 45.6 Å². The molecule has 3 rings (SSSR count). The maximum Gasteiger partial charge on any atom is 0.267 e. The Morgan fingerprint density at radius 1 is 1.35 bits per heavy atom. The Bertz CT molecular complexity index is 534. The van der Waals surface area contributed by atoms with E-state index in [1.54, 1.807) is 12.3 Å². The van der Waals surface area contributed by atoms with Gasteiger partial charge in [0.25, 0.3) is 5.91 Å². The van der Waals surface area contributed by atoms with Crippen LogP contribution in [0.2, 0.25) is 0 Å². The number of hydrogen-bond donors (Lipinski definition) is 2. The zero-order valence-electron chi connectivity index (χ0n) is 12.1. The minimum Gasteiger partial charge on any atom is -0.356 e. The molecule has 4 nitrogen and oxygen atoms in total. The second-order valence-corrected chi connectivity index (χ2v) is 6.46. The lowest BCUT2D eigenvalue weighted by molar-refractivity contribution is 0.0910. The highest BCUT2D eigenvalue weighted by molar-refractivity contribution is 5.99.